The van der Waals surface area contributed by atoms with Gasteiger partial charge in [0, 0.05) is 38.2 Å². The van der Waals surface area contributed by atoms with Crippen molar-refractivity contribution in [2.75, 3.05) is 18.7 Å². The number of aryl methyl sites for hydroxylation is 1. The van der Waals surface area contributed by atoms with Gasteiger partial charge in [-0.25, -0.2) is 4.98 Å². The van der Waals surface area contributed by atoms with Crippen molar-refractivity contribution in [2.24, 2.45) is 13.0 Å². The molecule has 0 radical (unpaired) electrons. The Hall–Kier alpha value is -1.50. The van der Waals surface area contributed by atoms with Gasteiger partial charge >= 0.3 is 0 Å². The maximum atomic E-state index is 12.8. The van der Waals surface area contributed by atoms with Crippen LogP contribution in [0.25, 0.3) is 0 Å². The summed E-state index contributed by atoms with van der Waals surface area (Å²) in [6, 6.07) is -0.321. The monoisotopic (exact) mass is 336 g/mol. The number of hydrogen-bond donors (Lipinski definition) is 0. The number of thioether (sulfide) groups is 1. The second kappa shape index (κ2) is 6.95. The summed E-state index contributed by atoms with van der Waals surface area (Å²) < 4.78 is 1.91. The SMILES string of the molecule is CN(Cc1nccn1C)C(=O)C1CSCN1C(=O)C1CCCC1. The molecule has 2 heterocycles. The maximum Gasteiger partial charge on any atom is 0.246 e. The number of imidazole rings is 1. The highest BCUT2D eigenvalue weighted by Crippen LogP contribution is 2.31. The van der Waals surface area contributed by atoms with Crippen molar-refractivity contribution in [2.45, 2.75) is 38.3 Å². The molecule has 1 unspecified atom stereocenters. The zero-order valence-corrected chi connectivity index (χ0v) is 14.6. The summed E-state index contributed by atoms with van der Waals surface area (Å²) in [6.07, 6.45) is 7.82. The molecule has 7 heteroatoms. The summed E-state index contributed by atoms with van der Waals surface area (Å²) in [5.41, 5.74) is 0. The Morgan fingerprint density at radius 1 is 1.39 bits per heavy atom. The van der Waals surface area contributed by atoms with Gasteiger partial charge in [-0.1, -0.05) is 12.8 Å². The first-order valence-corrected chi connectivity index (χ1v) is 9.33. The molecule has 1 aliphatic carbocycles. The van der Waals surface area contributed by atoms with E-state index < -0.39 is 0 Å². The lowest BCUT2D eigenvalue weighted by atomic mass is 10.1. The van der Waals surface area contributed by atoms with E-state index in [1.807, 2.05) is 17.8 Å². The lowest BCUT2D eigenvalue weighted by Crippen LogP contribution is -2.49. The highest BCUT2D eigenvalue weighted by atomic mass is 32.2. The second-order valence-electron chi connectivity index (χ2n) is 6.45. The summed E-state index contributed by atoms with van der Waals surface area (Å²) >= 11 is 1.67. The van der Waals surface area contributed by atoms with Crippen LogP contribution in [-0.2, 0) is 23.2 Å². The zero-order chi connectivity index (χ0) is 16.4. The highest BCUT2D eigenvalue weighted by molar-refractivity contribution is 7.99. The number of carbonyl (C=O) groups excluding carboxylic acids is 2. The van der Waals surface area contributed by atoms with Gasteiger partial charge in [-0.3, -0.25) is 9.59 Å². The highest BCUT2D eigenvalue weighted by Gasteiger charge is 2.39. The second-order valence-corrected chi connectivity index (χ2v) is 7.45. The van der Waals surface area contributed by atoms with Crippen LogP contribution in [0.3, 0.4) is 0 Å². The first kappa shape index (κ1) is 16.4. The molecule has 0 bridgehead atoms. The molecule has 0 aromatic carbocycles. The van der Waals surface area contributed by atoms with E-state index in [9.17, 15) is 9.59 Å². The molecule has 23 heavy (non-hydrogen) atoms. The predicted molar refractivity (Wildman–Crippen MR) is 89.6 cm³/mol. The van der Waals surface area contributed by atoms with Crippen LogP contribution in [0.15, 0.2) is 12.4 Å². The van der Waals surface area contributed by atoms with Crippen LogP contribution in [-0.4, -0.2) is 55.9 Å². The van der Waals surface area contributed by atoms with Crippen LogP contribution in [0.5, 0.6) is 0 Å². The van der Waals surface area contributed by atoms with Crippen LogP contribution in [0.4, 0.5) is 0 Å². The van der Waals surface area contributed by atoms with Gasteiger partial charge in [0.1, 0.15) is 11.9 Å². The third-order valence-corrected chi connectivity index (χ3v) is 5.84. The first-order valence-electron chi connectivity index (χ1n) is 8.17. The number of aromatic nitrogens is 2. The van der Waals surface area contributed by atoms with Gasteiger partial charge in [0.25, 0.3) is 0 Å². The molecule has 2 fully saturated rings. The topological polar surface area (TPSA) is 58.4 Å². The third-order valence-electron chi connectivity index (χ3n) is 4.83. The fourth-order valence-electron chi connectivity index (χ4n) is 3.36. The van der Waals surface area contributed by atoms with Crippen LogP contribution < -0.4 is 0 Å². The van der Waals surface area contributed by atoms with Gasteiger partial charge in [-0.2, -0.15) is 0 Å². The molecule has 1 aromatic heterocycles. The number of amides is 2. The van der Waals surface area contributed by atoms with Crippen LogP contribution in [0.2, 0.25) is 0 Å². The summed E-state index contributed by atoms with van der Waals surface area (Å²) in [5.74, 6) is 2.51. The number of likely N-dealkylation sites (N-methyl/N-ethyl adjacent to an activating group) is 1. The molecule has 3 rings (SSSR count). The Morgan fingerprint density at radius 3 is 2.78 bits per heavy atom. The first-order chi connectivity index (χ1) is 11.1. The molecule has 1 aliphatic heterocycles. The normalized spacial score (nSPS) is 21.8. The molecule has 0 spiro atoms. The third kappa shape index (κ3) is 3.39. The summed E-state index contributed by atoms with van der Waals surface area (Å²) in [5, 5.41) is 0. The summed E-state index contributed by atoms with van der Waals surface area (Å²) in [6.45, 7) is 0.467. The number of hydrogen-bond acceptors (Lipinski definition) is 4. The standard InChI is InChI=1S/C16H24N4O2S/c1-18-8-7-17-14(18)9-19(2)16(22)13-10-23-11-20(13)15(21)12-5-3-4-6-12/h7-8,12-13H,3-6,9-11H2,1-2H3. The molecule has 1 aromatic rings. The average Bonchev–Trinajstić information content (AvgIpc) is 3.28. The Bertz CT molecular complexity index is 582. The Labute approximate surface area is 141 Å². The van der Waals surface area contributed by atoms with E-state index in [4.69, 9.17) is 0 Å². The minimum atomic E-state index is -0.321. The van der Waals surface area contributed by atoms with Crippen LogP contribution >= 0.6 is 11.8 Å². The number of carbonyl (C=O) groups is 2. The summed E-state index contributed by atoms with van der Waals surface area (Å²) in [4.78, 5) is 33.2. The van der Waals surface area contributed by atoms with Gasteiger partial charge in [-0.05, 0) is 12.8 Å². The Balaban J connectivity index is 1.65. The van der Waals surface area contributed by atoms with Crippen molar-refractivity contribution in [3.63, 3.8) is 0 Å². The van der Waals surface area contributed by atoms with E-state index in [1.54, 1.807) is 34.8 Å². The molecule has 126 valence electrons. The smallest absolute Gasteiger partial charge is 0.246 e. The molecular formula is C16H24N4O2S. The molecular weight excluding hydrogens is 312 g/mol. The van der Waals surface area contributed by atoms with E-state index >= 15 is 0 Å². The fourth-order valence-corrected chi connectivity index (χ4v) is 4.52. The van der Waals surface area contributed by atoms with Crippen LogP contribution in [0.1, 0.15) is 31.5 Å². The van der Waals surface area contributed by atoms with Crippen molar-refractivity contribution in [1.29, 1.82) is 0 Å². The predicted octanol–water partition coefficient (Wildman–Crippen LogP) is 1.47. The van der Waals surface area contributed by atoms with Gasteiger partial charge in [0.15, 0.2) is 0 Å². The Morgan fingerprint density at radius 2 is 2.13 bits per heavy atom. The molecule has 2 aliphatic rings. The zero-order valence-electron chi connectivity index (χ0n) is 13.8. The maximum absolute atomic E-state index is 12.8. The van der Waals surface area contributed by atoms with Gasteiger partial charge in [0.2, 0.25) is 11.8 Å². The van der Waals surface area contributed by atoms with Crippen molar-refractivity contribution in [1.82, 2.24) is 19.4 Å². The van der Waals surface area contributed by atoms with E-state index in [0.29, 0.717) is 18.2 Å². The van der Waals surface area contributed by atoms with E-state index in [0.717, 1.165) is 31.5 Å². The Kier molecular flexibility index (Phi) is 4.94. The van der Waals surface area contributed by atoms with Gasteiger partial charge < -0.3 is 14.4 Å². The molecule has 6 nitrogen and oxygen atoms in total. The molecule has 0 N–H and O–H groups in total. The molecule has 1 atom stereocenters. The lowest BCUT2D eigenvalue weighted by molar-refractivity contribution is -0.145. The minimum Gasteiger partial charge on any atom is -0.337 e. The number of nitrogens with zero attached hydrogens (tertiary/aromatic N) is 4. The largest absolute Gasteiger partial charge is 0.337 e. The quantitative estimate of drug-likeness (QED) is 0.835. The van der Waals surface area contributed by atoms with E-state index in [2.05, 4.69) is 4.98 Å². The fraction of sp³-hybridized carbons (Fsp3) is 0.688. The van der Waals surface area contributed by atoms with Crippen molar-refractivity contribution < 1.29 is 9.59 Å². The van der Waals surface area contributed by atoms with Crippen LogP contribution in [0, 0.1) is 5.92 Å². The minimum absolute atomic E-state index is 0.0179. The number of rotatable bonds is 4. The molecule has 1 saturated heterocycles. The van der Waals surface area contributed by atoms with Crippen molar-refractivity contribution in [3.05, 3.63) is 18.2 Å². The molecule has 2 amide bonds. The lowest BCUT2D eigenvalue weighted by Gasteiger charge is -2.29. The van der Waals surface area contributed by atoms with E-state index in [1.165, 1.54) is 0 Å². The van der Waals surface area contributed by atoms with Gasteiger partial charge in [-0.15, -0.1) is 11.8 Å². The van der Waals surface area contributed by atoms with Crippen molar-refractivity contribution in [3.8, 4) is 0 Å². The molecule has 1 saturated carbocycles. The summed E-state index contributed by atoms with van der Waals surface area (Å²) in [7, 11) is 3.71. The van der Waals surface area contributed by atoms with E-state index in [-0.39, 0.29) is 23.8 Å². The van der Waals surface area contributed by atoms with Crippen molar-refractivity contribution >= 4 is 23.6 Å². The van der Waals surface area contributed by atoms with Gasteiger partial charge in [0.05, 0.1) is 12.4 Å². The average molecular weight is 336 g/mol.